The van der Waals surface area contributed by atoms with Gasteiger partial charge in [0.15, 0.2) is 17.3 Å². The number of carbonyl (C=O) groups excluding carboxylic acids is 1. The first-order valence-electron chi connectivity index (χ1n) is 6.97. The molecule has 22 heavy (non-hydrogen) atoms. The summed E-state index contributed by atoms with van der Waals surface area (Å²) in [7, 11) is 0. The third-order valence-electron chi connectivity index (χ3n) is 3.48. The fraction of sp³-hybridized carbons (Fsp3) is 0.235. The van der Waals surface area contributed by atoms with Crippen LogP contribution in [0.3, 0.4) is 0 Å². The van der Waals surface area contributed by atoms with Crippen molar-refractivity contribution in [2.45, 2.75) is 12.8 Å². The standard InChI is InChI=1S/C17H18O5/c18-9-7-11-1-3-12(4-2-11)15(20)14-6-5-13(8-10-19)16(21)17(14)22/h1-6,18-19,21-22H,7-10H2. The molecule has 0 fully saturated rings. The molecule has 0 spiro atoms. The second-order valence-electron chi connectivity index (χ2n) is 4.94. The van der Waals surface area contributed by atoms with Gasteiger partial charge in [-0.05, 0) is 24.5 Å². The Bertz CT molecular complexity index is 661. The van der Waals surface area contributed by atoms with Crippen molar-refractivity contribution in [1.82, 2.24) is 0 Å². The Hall–Kier alpha value is -2.37. The molecule has 0 saturated carbocycles. The van der Waals surface area contributed by atoms with Crippen LogP contribution in [-0.4, -0.2) is 39.4 Å². The number of hydrogen-bond acceptors (Lipinski definition) is 5. The van der Waals surface area contributed by atoms with E-state index < -0.39 is 11.5 Å². The molecule has 5 heteroatoms. The van der Waals surface area contributed by atoms with E-state index in [9.17, 15) is 15.0 Å². The van der Waals surface area contributed by atoms with Gasteiger partial charge in [-0.3, -0.25) is 4.79 Å². The van der Waals surface area contributed by atoms with Gasteiger partial charge in [0, 0.05) is 24.3 Å². The highest BCUT2D eigenvalue weighted by molar-refractivity contribution is 6.11. The summed E-state index contributed by atoms with van der Waals surface area (Å²) in [6.07, 6.45) is 0.708. The van der Waals surface area contributed by atoms with Crippen molar-refractivity contribution >= 4 is 5.78 Å². The van der Waals surface area contributed by atoms with Crippen LogP contribution in [0.25, 0.3) is 0 Å². The molecule has 4 N–H and O–H groups in total. The van der Waals surface area contributed by atoms with Crippen molar-refractivity contribution in [1.29, 1.82) is 0 Å². The molecular weight excluding hydrogens is 284 g/mol. The SMILES string of the molecule is O=C(c1ccc(CCO)cc1)c1ccc(CCO)c(O)c1O. The van der Waals surface area contributed by atoms with Gasteiger partial charge in [-0.1, -0.05) is 30.3 Å². The normalized spacial score (nSPS) is 10.6. The lowest BCUT2D eigenvalue weighted by Crippen LogP contribution is -2.03. The number of hydrogen-bond donors (Lipinski definition) is 4. The van der Waals surface area contributed by atoms with Gasteiger partial charge in [0.25, 0.3) is 0 Å². The van der Waals surface area contributed by atoms with Crippen LogP contribution in [0.5, 0.6) is 11.5 Å². The number of carbonyl (C=O) groups is 1. The molecule has 0 saturated heterocycles. The van der Waals surface area contributed by atoms with Crippen LogP contribution in [0.4, 0.5) is 0 Å². The molecule has 0 aliphatic rings. The van der Waals surface area contributed by atoms with Crippen LogP contribution in [0, 0.1) is 0 Å². The molecule has 0 aliphatic carbocycles. The Labute approximate surface area is 128 Å². The molecule has 0 amide bonds. The average molecular weight is 302 g/mol. The molecule has 5 nitrogen and oxygen atoms in total. The van der Waals surface area contributed by atoms with Crippen molar-refractivity contribution < 1.29 is 25.2 Å². The molecule has 0 radical (unpaired) electrons. The van der Waals surface area contributed by atoms with Gasteiger partial charge in [-0.15, -0.1) is 0 Å². The third-order valence-corrected chi connectivity index (χ3v) is 3.48. The Morgan fingerprint density at radius 1 is 0.818 bits per heavy atom. The van der Waals surface area contributed by atoms with Crippen molar-refractivity contribution in [3.8, 4) is 11.5 Å². The number of phenolic OH excluding ortho intramolecular Hbond substituents is 2. The zero-order valence-corrected chi connectivity index (χ0v) is 12.0. The summed E-state index contributed by atoms with van der Waals surface area (Å²) in [6, 6.07) is 9.65. The first kappa shape index (κ1) is 16.0. The Morgan fingerprint density at radius 3 is 2.05 bits per heavy atom. The highest BCUT2D eigenvalue weighted by Gasteiger charge is 2.18. The number of aliphatic hydroxyl groups excluding tert-OH is 2. The van der Waals surface area contributed by atoms with Crippen molar-refractivity contribution in [2.24, 2.45) is 0 Å². The van der Waals surface area contributed by atoms with E-state index in [4.69, 9.17) is 10.2 Å². The molecule has 0 aromatic heterocycles. The highest BCUT2D eigenvalue weighted by atomic mass is 16.3. The molecular formula is C17H18O5. The first-order valence-corrected chi connectivity index (χ1v) is 6.97. The van der Waals surface area contributed by atoms with E-state index in [1.165, 1.54) is 12.1 Å². The van der Waals surface area contributed by atoms with E-state index in [0.717, 1.165) is 5.56 Å². The van der Waals surface area contributed by atoms with Gasteiger partial charge >= 0.3 is 0 Å². The lowest BCUT2D eigenvalue weighted by atomic mass is 9.98. The zero-order valence-electron chi connectivity index (χ0n) is 12.0. The van der Waals surface area contributed by atoms with Gasteiger partial charge in [-0.2, -0.15) is 0 Å². The van der Waals surface area contributed by atoms with E-state index in [2.05, 4.69) is 0 Å². The quantitative estimate of drug-likeness (QED) is 0.477. The predicted octanol–water partition coefficient (Wildman–Crippen LogP) is 1.40. The van der Waals surface area contributed by atoms with E-state index in [-0.39, 0.29) is 30.9 Å². The number of aromatic hydroxyl groups is 2. The molecule has 0 aliphatic heterocycles. The number of ketones is 1. The Kier molecular flexibility index (Phi) is 5.14. The second kappa shape index (κ2) is 7.06. The largest absolute Gasteiger partial charge is 0.504 e. The van der Waals surface area contributed by atoms with Crippen molar-refractivity contribution in [3.05, 3.63) is 58.7 Å². The van der Waals surface area contributed by atoms with E-state index in [1.807, 2.05) is 0 Å². The van der Waals surface area contributed by atoms with Crippen LogP contribution in [0.15, 0.2) is 36.4 Å². The maximum atomic E-state index is 12.4. The lowest BCUT2D eigenvalue weighted by molar-refractivity contribution is 0.103. The Morgan fingerprint density at radius 2 is 1.45 bits per heavy atom. The molecule has 116 valence electrons. The minimum Gasteiger partial charge on any atom is -0.504 e. The lowest BCUT2D eigenvalue weighted by Gasteiger charge is -2.10. The number of phenols is 2. The summed E-state index contributed by atoms with van der Waals surface area (Å²) in [5.74, 6) is -1.26. The predicted molar refractivity (Wildman–Crippen MR) is 81.2 cm³/mol. The van der Waals surface area contributed by atoms with Crippen molar-refractivity contribution in [3.63, 3.8) is 0 Å². The van der Waals surface area contributed by atoms with E-state index >= 15 is 0 Å². The molecule has 2 aromatic carbocycles. The minimum atomic E-state index is -0.476. The zero-order chi connectivity index (χ0) is 16.1. The summed E-state index contributed by atoms with van der Waals surface area (Å²) in [5, 5.41) is 37.6. The smallest absolute Gasteiger partial charge is 0.196 e. The highest BCUT2D eigenvalue weighted by Crippen LogP contribution is 2.34. The molecule has 0 unspecified atom stereocenters. The van der Waals surface area contributed by atoms with Crippen LogP contribution in [0.2, 0.25) is 0 Å². The number of benzene rings is 2. The minimum absolute atomic E-state index is 0.00842. The maximum absolute atomic E-state index is 12.4. The fourth-order valence-corrected chi connectivity index (χ4v) is 2.23. The summed E-state index contributed by atoms with van der Waals surface area (Å²) in [5.41, 5.74) is 1.68. The van der Waals surface area contributed by atoms with E-state index in [0.29, 0.717) is 17.5 Å². The van der Waals surface area contributed by atoms with Crippen LogP contribution in [-0.2, 0) is 12.8 Å². The van der Waals surface area contributed by atoms with Gasteiger partial charge in [-0.25, -0.2) is 0 Å². The third kappa shape index (κ3) is 3.27. The molecule has 0 atom stereocenters. The van der Waals surface area contributed by atoms with Gasteiger partial charge in [0.1, 0.15) is 0 Å². The van der Waals surface area contributed by atoms with Gasteiger partial charge < -0.3 is 20.4 Å². The van der Waals surface area contributed by atoms with Crippen LogP contribution < -0.4 is 0 Å². The topological polar surface area (TPSA) is 98.0 Å². The summed E-state index contributed by atoms with van der Waals surface area (Å²) in [6.45, 7) is -0.124. The van der Waals surface area contributed by atoms with Crippen molar-refractivity contribution in [2.75, 3.05) is 13.2 Å². The maximum Gasteiger partial charge on any atom is 0.196 e. The summed E-state index contributed by atoms with van der Waals surface area (Å²) >= 11 is 0. The van der Waals surface area contributed by atoms with Gasteiger partial charge in [0.05, 0.1) is 5.56 Å². The van der Waals surface area contributed by atoms with Crippen LogP contribution in [0.1, 0.15) is 27.0 Å². The van der Waals surface area contributed by atoms with Crippen LogP contribution >= 0.6 is 0 Å². The average Bonchev–Trinajstić information content (AvgIpc) is 2.53. The van der Waals surface area contributed by atoms with Gasteiger partial charge in [0.2, 0.25) is 0 Å². The summed E-state index contributed by atoms with van der Waals surface area (Å²) in [4.78, 5) is 12.4. The molecule has 0 bridgehead atoms. The monoisotopic (exact) mass is 302 g/mol. The van der Waals surface area contributed by atoms with E-state index in [1.54, 1.807) is 24.3 Å². The number of rotatable bonds is 6. The summed E-state index contributed by atoms with van der Waals surface area (Å²) < 4.78 is 0. The first-order chi connectivity index (χ1) is 10.6. The Balaban J connectivity index is 2.31. The number of aliphatic hydroxyl groups is 2. The molecule has 2 rings (SSSR count). The fourth-order valence-electron chi connectivity index (χ4n) is 2.23. The second-order valence-corrected chi connectivity index (χ2v) is 4.94. The molecule has 2 aromatic rings. The molecule has 0 heterocycles.